The Hall–Kier alpha value is -0.0700. The molecule has 1 rings (SSSR count). The van der Waals surface area contributed by atoms with Crippen LogP contribution < -0.4 is 0 Å². The first-order chi connectivity index (χ1) is 7.54. The van der Waals surface area contributed by atoms with E-state index in [1.807, 2.05) is 18.2 Å². The summed E-state index contributed by atoms with van der Waals surface area (Å²) < 4.78 is 0.929. The summed E-state index contributed by atoms with van der Waals surface area (Å²) in [5.74, 6) is 0.409. The molecule has 2 atom stereocenters. The van der Waals surface area contributed by atoms with Gasteiger partial charge < -0.3 is 15.3 Å². The summed E-state index contributed by atoms with van der Waals surface area (Å²) in [7, 11) is 0. The molecule has 5 heteroatoms. The van der Waals surface area contributed by atoms with Crippen molar-refractivity contribution in [2.45, 2.75) is 24.0 Å². The van der Waals surface area contributed by atoms with E-state index in [0.717, 1.165) is 14.9 Å². The van der Waals surface area contributed by atoms with E-state index < -0.39 is 12.2 Å². The van der Waals surface area contributed by atoms with Gasteiger partial charge in [-0.25, -0.2) is 0 Å². The minimum atomic E-state index is -0.731. The van der Waals surface area contributed by atoms with Gasteiger partial charge in [-0.2, -0.15) is 0 Å². The zero-order valence-corrected chi connectivity index (χ0v) is 11.3. The van der Waals surface area contributed by atoms with Gasteiger partial charge in [-0.15, -0.1) is 11.8 Å². The third-order valence-corrected chi connectivity index (χ3v) is 3.78. The summed E-state index contributed by atoms with van der Waals surface area (Å²) in [5, 5.41) is 27.6. The predicted octanol–water partition coefficient (Wildman–Crippen LogP) is 1.95. The first-order valence-electron chi connectivity index (χ1n) is 4.93. The number of rotatable bonds is 5. The smallest absolute Gasteiger partial charge is 0.0864 e. The van der Waals surface area contributed by atoms with Gasteiger partial charge in [0.2, 0.25) is 0 Å². The van der Waals surface area contributed by atoms with Crippen LogP contribution in [-0.2, 0) is 0 Å². The van der Waals surface area contributed by atoms with Gasteiger partial charge in [-0.1, -0.05) is 22.0 Å². The molecular weight excluding hydrogens is 292 g/mol. The Balaban J connectivity index is 2.80. The summed E-state index contributed by atoms with van der Waals surface area (Å²) in [4.78, 5) is 0.914. The minimum Gasteiger partial charge on any atom is -0.394 e. The lowest BCUT2D eigenvalue weighted by molar-refractivity contribution is 0.113. The first-order valence-corrected chi connectivity index (χ1v) is 6.71. The molecule has 16 heavy (non-hydrogen) atoms. The van der Waals surface area contributed by atoms with Gasteiger partial charge in [0, 0.05) is 15.1 Å². The summed E-state index contributed by atoms with van der Waals surface area (Å²) >= 11 is 4.78. The van der Waals surface area contributed by atoms with Crippen LogP contribution >= 0.6 is 27.7 Å². The van der Waals surface area contributed by atoms with E-state index in [4.69, 9.17) is 5.11 Å². The lowest BCUT2D eigenvalue weighted by Crippen LogP contribution is -2.14. The maximum absolute atomic E-state index is 9.58. The summed E-state index contributed by atoms with van der Waals surface area (Å²) in [6.45, 7) is 1.46. The Labute approximate surface area is 108 Å². The fourth-order valence-corrected chi connectivity index (χ4v) is 2.82. The number of thioether (sulfide) groups is 1. The SMILES string of the molecule is CC(O)c1ccc(Br)cc1SCC(O)CO. The molecular formula is C11H15BrO3S. The Morgan fingerprint density at radius 1 is 1.38 bits per heavy atom. The van der Waals surface area contributed by atoms with E-state index in [1.165, 1.54) is 11.8 Å². The summed E-state index contributed by atoms with van der Waals surface area (Å²) in [6, 6.07) is 5.62. The topological polar surface area (TPSA) is 60.7 Å². The molecule has 3 nitrogen and oxygen atoms in total. The van der Waals surface area contributed by atoms with E-state index in [-0.39, 0.29) is 6.61 Å². The zero-order chi connectivity index (χ0) is 12.1. The molecule has 0 spiro atoms. The Kier molecular flexibility index (Phi) is 5.78. The Morgan fingerprint density at radius 2 is 2.06 bits per heavy atom. The van der Waals surface area contributed by atoms with Crippen molar-refractivity contribution < 1.29 is 15.3 Å². The standard InChI is InChI=1S/C11H15BrO3S/c1-7(14)10-3-2-8(12)4-11(10)16-6-9(15)5-13/h2-4,7,9,13-15H,5-6H2,1H3. The third kappa shape index (κ3) is 4.07. The summed E-state index contributed by atoms with van der Waals surface area (Å²) in [5.41, 5.74) is 0.832. The molecule has 90 valence electrons. The first kappa shape index (κ1) is 14.0. The zero-order valence-electron chi connectivity index (χ0n) is 8.93. The van der Waals surface area contributed by atoms with E-state index in [9.17, 15) is 10.2 Å². The molecule has 0 aliphatic rings. The van der Waals surface area contributed by atoms with Gasteiger partial charge in [0.15, 0.2) is 0 Å². The van der Waals surface area contributed by atoms with Crippen molar-refractivity contribution in [3.8, 4) is 0 Å². The normalized spacial score (nSPS) is 14.8. The Morgan fingerprint density at radius 3 is 2.62 bits per heavy atom. The van der Waals surface area contributed by atoms with E-state index in [0.29, 0.717) is 5.75 Å². The van der Waals surface area contributed by atoms with Crippen LogP contribution in [0.25, 0.3) is 0 Å². The molecule has 0 saturated heterocycles. The number of hydrogen-bond acceptors (Lipinski definition) is 4. The monoisotopic (exact) mass is 306 g/mol. The van der Waals surface area contributed by atoms with Crippen LogP contribution in [0.15, 0.2) is 27.6 Å². The van der Waals surface area contributed by atoms with Crippen molar-refractivity contribution in [3.05, 3.63) is 28.2 Å². The molecule has 0 aliphatic carbocycles. The molecule has 1 aromatic carbocycles. The van der Waals surface area contributed by atoms with Crippen molar-refractivity contribution >= 4 is 27.7 Å². The quantitative estimate of drug-likeness (QED) is 0.728. The number of benzene rings is 1. The number of aliphatic hydroxyl groups is 3. The molecule has 3 N–H and O–H groups in total. The lowest BCUT2D eigenvalue weighted by atomic mass is 10.1. The van der Waals surface area contributed by atoms with Crippen LogP contribution in [0.1, 0.15) is 18.6 Å². The molecule has 0 heterocycles. The van der Waals surface area contributed by atoms with Crippen LogP contribution in [0.5, 0.6) is 0 Å². The highest BCUT2D eigenvalue weighted by Gasteiger charge is 2.11. The number of halogens is 1. The molecule has 0 bridgehead atoms. The van der Waals surface area contributed by atoms with Gasteiger partial charge >= 0.3 is 0 Å². The lowest BCUT2D eigenvalue weighted by Gasteiger charge is -2.13. The highest BCUT2D eigenvalue weighted by molar-refractivity contribution is 9.10. The molecule has 1 aromatic rings. The second-order valence-electron chi connectivity index (χ2n) is 3.51. The van der Waals surface area contributed by atoms with Crippen LogP contribution in [-0.4, -0.2) is 33.8 Å². The van der Waals surface area contributed by atoms with Crippen LogP contribution in [0.4, 0.5) is 0 Å². The van der Waals surface area contributed by atoms with Gasteiger partial charge in [-0.3, -0.25) is 0 Å². The van der Waals surface area contributed by atoms with Crippen LogP contribution in [0.3, 0.4) is 0 Å². The average Bonchev–Trinajstić information content (AvgIpc) is 2.25. The van der Waals surface area contributed by atoms with Crippen molar-refractivity contribution in [1.29, 1.82) is 0 Å². The number of aliphatic hydroxyl groups excluding tert-OH is 3. The Bertz CT molecular complexity index is 344. The molecule has 0 amide bonds. The predicted molar refractivity (Wildman–Crippen MR) is 68.6 cm³/mol. The molecule has 0 aromatic heterocycles. The van der Waals surface area contributed by atoms with E-state index >= 15 is 0 Å². The van der Waals surface area contributed by atoms with Crippen LogP contribution in [0.2, 0.25) is 0 Å². The fraction of sp³-hybridized carbons (Fsp3) is 0.455. The van der Waals surface area contributed by atoms with Gasteiger partial charge in [0.25, 0.3) is 0 Å². The van der Waals surface area contributed by atoms with Crippen molar-refractivity contribution in [2.24, 2.45) is 0 Å². The second kappa shape index (κ2) is 6.61. The number of hydrogen-bond donors (Lipinski definition) is 3. The highest BCUT2D eigenvalue weighted by atomic mass is 79.9. The third-order valence-electron chi connectivity index (χ3n) is 2.07. The second-order valence-corrected chi connectivity index (χ2v) is 5.48. The summed E-state index contributed by atoms with van der Waals surface area (Å²) in [6.07, 6.45) is -1.27. The maximum Gasteiger partial charge on any atom is 0.0864 e. The molecule has 0 radical (unpaired) electrons. The maximum atomic E-state index is 9.58. The fourth-order valence-electron chi connectivity index (χ4n) is 1.22. The molecule has 0 aliphatic heterocycles. The van der Waals surface area contributed by atoms with Gasteiger partial charge in [0.1, 0.15) is 0 Å². The molecule has 0 saturated carbocycles. The van der Waals surface area contributed by atoms with Crippen molar-refractivity contribution in [3.63, 3.8) is 0 Å². The molecule has 0 fully saturated rings. The average molecular weight is 307 g/mol. The van der Waals surface area contributed by atoms with E-state index in [2.05, 4.69) is 15.9 Å². The van der Waals surface area contributed by atoms with E-state index in [1.54, 1.807) is 6.92 Å². The highest BCUT2D eigenvalue weighted by Crippen LogP contribution is 2.30. The molecule has 2 unspecified atom stereocenters. The van der Waals surface area contributed by atoms with Gasteiger partial charge in [0.05, 0.1) is 18.8 Å². The minimum absolute atomic E-state index is 0.245. The van der Waals surface area contributed by atoms with Gasteiger partial charge in [-0.05, 0) is 24.6 Å². The van der Waals surface area contributed by atoms with Crippen LogP contribution in [0, 0.1) is 0 Å². The largest absolute Gasteiger partial charge is 0.394 e. The van der Waals surface area contributed by atoms with Crippen molar-refractivity contribution in [2.75, 3.05) is 12.4 Å². The van der Waals surface area contributed by atoms with Crippen molar-refractivity contribution in [1.82, 2.24) is 0 Å².